The molecule has 1 aromatic carbocycles. The Bertz CT molecular complexity index is 1380. The zero-order chi connectivity index (χ0) is 27.6. The number of para-hydroxylation sites is 1. The van der Waals surface area contributed by atoms with Crippen molar-refractivity contribution in [1.82, 2.24) is 24.6 Å². The summed E-state index contributed by atoms with van der Waals surface area (Å²) in [6, 6.07) is 6.16. The minimum Gasteiger partial charge on any atom is -0.462 e. The van der Waals surface area contributed by atoms with Gasteiger partial charge in [0.05, 0.1) is 25.1 Å². The highest BCUT2D eigenvalue weighted by Crippen LogP contribution is 2.46. The van der Waals surface area contributed by atoms with Gasteiger partial charge >= 0.3 is 13.7 Å². The van der Waals surface area contributed by atoms with E-state index in [9.17, 15) is 19.3 Å². The summed E-state index contributed by atoms with van der Waals surface area (Å²) >= 11 is 0. The number of esters is 1. The molecule has 1 aliphatic rings. The van der Waals surface area contributed by atoms with Crippen LogP contribution in [0.25, 0.3) is 11.2 Å². The maximum absolute atomic E-state index is 13.7. The number of imidazole rings is 1. The van der Waals surface area contributed by atoms with Gasteiger partial charge in [-0.2, -0.15) is 10.1 Å². The minimum atomic E-state index is -4.20. The highest BCUT2D eigenvalue weighted by molar-refractivity contribution is 7.52. The molecule has 1 fully saturated rings. The van der Waals surface area contributed by atoms with Crippen LogP contribution in [0.2, 0.25) is 0 Å². The van der Waals surface area contributed by atoms with Gasteiger partial charge in [-0.1, -0.05) is 18.2 Å². The molecule has 2 aromatic heterocycles. The highest BCUT2D eigenvalue weighted by Gasteiger charge is 2.45. The number of nitrogens with zero attached hydrogens (tertiary/aromatic N) is 3. The average molecular weight is 551 g/mol. The largest absolute Gasteiger partial charge is 0.462 e. The van der Waals surface area contributed by atoms with Crippen LogP contribution in [0.4, 0.5) is 5.95 Å². The number of nitrogens with one attached hydrogen (secondary N) is 2. The summed E-state index contributed by atoms with van der Waals surface area (Å²) in [6.45, 7) is 4.38. The van der Waals surface area contributed by atoms with Crippen molar-refractivity contribution in [3.8, 4) is 5.75 Å². The molecule has 1 aliphatic heterocycles. The Labute approximate surface area is 217 Å². The van der Waals surface area contributed by atoms with E-state index in [-0.39, 0.29) is 29.0 Å². The lowest BCUT2D eigenvalue weighted by atomic mass is 10.1. The SMILES string of the molecule is CC(C)OC(=O)C(C)NP(=O)(OCC1OC(n2cnc3c(=O)[nH]c(N)nc32)C(N)C1O)Oc1ccccc1. The summed E-state index contributed by atoms with van der Waals surface area (Å²) in [5, 5.41) is 13.3. The fourth-order valence-corrected chi connectivity index (χ4v) is 5.29. The Balaban J connectivity index is 1.52. The number of carbonyl (C=O) groups excluding carboxylic acids is 1. The Morgan fingerprint density at radius 2 is 2.03 bits per heavy atom. The molecule has 0 spiro atoms. The van der Waals surface area contributed by atoms with Crippen LogP contribution < -0.4 is 26.6 Å². The third-order valence-electron chi connectivity index (χ3n) is 5.58. The number of rotatable bonds is 10. The van der Waals surface area contributed by atoms with Gasteiger partial charge in [0.15, 0.2) is 17.4 Å². The number of aromatic amines is 1. The number of anilines is 1. The van der Waals surface area contributed by atoms with Crippen LogP contribution in [-0.4, -0.2) is 67.6 Å². The quantitative estimate of drug-likeness (QED) is 0.171. The van der Waals surface area contributed by atoms with Crippen LogP contribution in [-0.2, 0) is 23.4 Å². The molecular weight excluding hydrogens is 521 g/mol. The molecular formula is C22H30N7O8P. The monoisotopic (exact) mass is 551 g/mol. The molecule has 0 bridgehead atoms. The van der Waals surface area contributed by atoms with Crippen LogP contribution in [0.1, 0.15) is 27.0 Å². The number of carbonyl (C=O) groups is 1. The molecule has 3 heterocycles. The van der Waals surface area contributed by atoms with Crippen molar-refractivity contribution in [2.24, 2.45) is 5.73 Å². The van der Waals surface area contributed by atoms with E-state index in [2.05, 4.69) is 20.0 Å². The Morgan fingerprint density at radius 3 is 2.71 bits per heavy atom. The van der Waals surface area contributed by atoms with Gasteiger partial charge in [0.1, 0.15) is 24.0 Å². The number of nitrogen functional groups attached to an aromatic ring is 1. The average Bonchev–Trinajstić information content (AvgIpc) is 3.39. The van der Waals surface area contributed by atoms with Crippen molar-refractivity contribution in [3.05, 3.63) is 47.0 Å². The molecule has 0 radical (unpaired) electrons. The second-order valence-corrected chi connectivity index (χ2v) is 10.6. The van der Waals surface area contributed by atoms with Crippen LogP contribution in [0.3, 0.4) is 0 Å². The molecule has 3 aromatic rings. The Morgan fingerprint density at radius 1 is 1.32 bits per heavy atom. The first-order chi connectivity index (χ1) is 18.0. The van der Waals surface area contributed by atoms with Crippen LogP contribution >= 0.6 is 7.75 Å². The number of hydrogen-bond acceptors (Lipinski definition) is 12. The smallest absolute Gasteiger partial charge is 0.459 e. The van der Waals surface area contributed by atoms with Crippen molar-refractivity contribution in [2.45, 2.75) is 57.4 Å². The first-order valence-corrected chi connectivity index (χ1v) is 13.3. The lowest BCUT2D eigenvalue weighted by Crippen LogP contribution is -2.41. The number of aliphatic hydroxyl groups excluding tert-OH is 1. The molecule has 6 atom stereocenters. The maximum atomic E-state index is 13.7. The molecule has 206 valence electrons. The zero-order valence-electron chi connectivity index (χ0n) is 20.9. The number of aliphatic hydroxyl groups is 1. The van der Waals surface area contributed by atoms with Crippen LogP contribution in [0, 0.1) is 0 Å². The zero-order valence-corrected chi connectivity index (χ0v) is 21.8. The summed E-state index contributed by atoms with van der Waals surface area (Å²) in [6.07, 6.45) is -2.44. The van der Waals surface area contributed by atoms with Gasteiger partial charge in [-0.3, -0.25) is 23.7 Å². The van der Waals surface area contributed by atoms with Crippen molar-refractivity contribution >= 4 is 30.8 Å². The number of ether oxygens (including phenoxy) is 2. The summed E-state index contributed by atoms with van der Waals surface area (Å²) in [5.74, 6) is -0.575. The van der Waals surface area contributed by atoms with Gasteiger partial charge in [0.2, 0.25) is 5.95 Å². The van der Waals surface area contributed by atoms with E-state index in [1.54, 1.807) is 44.2 Å². The predicted molar refractivity (Wildman–Crippen MR) is 135 cm³/mol. The van der Waals surface area contributed by atoms with Gasteiger partial charge in [0, 0.05) is 0 Å². The molecule has 38 heavy (non-hydrogen) atoms. The summed E-state index contributed by atoms with van der Waals surface area (Å²) in [7, 11) is -4.20. The van der Waals surface area contributed by atoms with E-state index >= 15 is 0 Å². The Hall–Kier alpha value is -3.33. The number of H-pyrrole nitrogens is 1. The lowest BCUT2D eigenvalue weighted by Gasteiger charge is -2.25. The van der Waals surface area contributed by atoms with Crippen molar-refractivity contribution in [2.75, 3.05) is 12.3 Å². The van der Waals surface area contributed by atoms with Crippen molar-refractivity contribution < 1.29 is 33.0 Å². The fraction of sp³-hybridized carbons (Fsp3) is 0.455. The number of aromatic nitrogens is 4. The maximum Gasteiger partial charge on any atom is 0.459 e. The number of benzene rings is 1. The summed E-state index contributed by atoms with van der Waals surface area (Å²) in [4.78, 5) is 34.9. The van der Waals surface area contributed by atoms with E-state index in [0.29, 0.717) is 0 Å². The first kappa shape index (κ1) is 27.7. The fourth-order valence-electron chi connectivity index (χ4n) is 3.79. The molecule has 0 saturated carbocycles. The Kier molecular flexibility index (Phi) is 8.16. The predicted octanol–water partition coefficient (Wildman–Crippen LogP) is 0.421. The summed E-state index contributed by atoms with van der Waals surface area (Å²) in [5.41, 5.74) is 11.4. The molecule has 16 heteroatoms. The number of hydrogen-bond donors (Lipinski definition) is 5. The second kappa shape index (κ2) is 11.2. The normalized spacial score (nSPS) is 23.8. The topological polar surface area (TPSA) is 219 Å². The van der Waals surface area contributed by atoms with E-state index in [1.165, 1.54) is 17.8 Å². The van der Waals surface area contributed by atoms with Gasteiger partial charge in [-0.15, -0.1) is 0 Å². The second-order valence-electron chi connectivity index (χ2n) is 8.94. The van der Waals surface area contributed by atoms with Crippen LogP contribution in [0.15, 0.2) is 41.5 Å². The van der Waals surface area contributed by atoms with Gasteiger partial charge in [-0.05, 0) is 32.9 Å². The van der Waals surface area contributed by atoms with Crippen molar-refractivity contribution in [1.29, 1.82) is 0 Å². The molecule has 6 unspecified atom stereocenters. The number of fused-ring (bicyclic) bond motifs is 1. The molecule has 1 saturated heterocycles. The standard InChI is InChI=1S/C22H30N7O8P/c1-11(2)35-21(32)12(3)28-38(33,37-13-7-5-4-6-8-13)34-9-14-17(30)15(23)20(36-14)29-10-25-16-18(29)26-22(24)27-19(16)31/h4-8,10-12,14-15,17,20,30H,9,23H2,1-3H3,(H,28,33)(H3,24,26,27,31). The molecule has 0 aliphatic carbocycles. The number of nitrogens with two attached hydrogens (primary N) is 2. The third-order valence-corrected chi connectivity index (χ3v) is 7.22. The molecule has 15 nitrogen and oxygen atoms in total. The molecule has 7 N–H and O–H groups in total. The first-order valence-electron chi connectivity index (χ1n) is 11.8. The lowest BCUT2D eigenvalue weighted by molar-refractivity contribution is -0.149. The minimum absolute atomic E-state index is 0.0106. The third kappa shape index (κ3) is 6.04. The van der Waals surface area contributed by atoms with Crippen molar-refractivity contribution in [3.63, 3.8) is 0 Å². The van der Waals surface area contributed by atoms with E-state index in [0.717, 1.165) is 0 Å². The van der Waals surface area contributed by atoms with Gasteiger partial charge in [-0.25, -0.2) is 9.55 Å². The van der Waals surface area contributed by atoms with Gasteiger partial charge < -0.3 is 30.6 Å². The van der Waals surface area contributed by atoms with Gasteiger partial charge in [0.25, 0.3) is 5.56 Å². The van der Waals surface area contributed by atoms with Crippen LogP contribution in [0.5, 0.6) is 5.75 Å². The highest BCUT2D eigenvalue weighted by atomic mass is 31.2. The molecule has 4 rings (SSSR count). The van der Waals surface area contributed by atoms with E-state index < -0.39 is 56.4 Å². The van der Waals surface area contributed by atoms with E-state index in [1.807, 2.05) is 0 Å². The van der Waals surface area contributed by atoms with E-state index in [4.69, 9.17) is 30.0 Å². The summed E-state index contributed by atoms with van der Waals surface area (Å²) < 4.78 is 37.3. The molecule has 0 amide bonds.